The molecule has 1 aliphatic rings. The van der Waals surface area contributed by atoms with Crippen molar-refractivity contribution in [3.8, 4) is 5.75 Å². The van der Waals surface area contributed by atoms with Crippen LogP contribution in [-0.2, 0) is 22.9 Å². The molecule has 0 radical (unpaired) electrons. The van der Waals surface area contributed by atoms with Crippen LogP contribution in [0.3, 0.4) is 0 Å². The van der Waals surface area contributed by atoms with E-state index in [4.69, 9.17) is 4.74 Å². The van der Waals surface area contributed by atoms with E-state index in [9.17, 15) is 8.42 Å². The van der Waals surface area contributed by atoms with Crippen LogP contribution in [-0.4, -0.2) is 43.2 Å². The molecule has 138 valence electrons. The monoisotopic (exact) mass is 364 g/mol. The van der Waals surface area contributed by atoms with Crippen molar-refractivity contribution in [1.29, 1.82) is 0 Å². The number of rotatable bonds is 5. The summed E-state index contributed by atoms with van der Waals surface area (Å²) in [6.45, 7) is 7.45. The number of unbranched alkanes of at least 4 members (excludes halogenated alkanes) is 1. The normalized spacial score (nSPS) is 19.0. The summed E-state index contributed by atoms with van der Waals surface area (Å²) in [6.07, 6.45) is 4.83. The first-order valence-electron chi connectivity index (χ1n) is 9.05. The number of benzene rings is 1. The molecule has 0 bridgehead atoms. The fraction of sp³-hybridized carbons (Fsp3) is 0.579. The Morgan fingerprint density at radius 3 is 2.80 bits per heavy atom. The highest BCUT2D eigenvalue weighted by molar-refractivity contribution is 7.88. The number of ether oxygens (including phenoxy) is 1. The lowest BCUT2D eigenvalue weighted by Gasteiger charge is -2.24. The second kappa shape index (κ2) is 7.00. The van der Waals surface area contributed by atoms with Crippen molar-refractivity contribution in [2.75, 3.05) is 19.4 Å². The van der Waals surface area contributed by atoms with E-state index in [1.165, 1.54) is 17.4 Å². The molecule has 2 heterocycles. The Bertz CT molecular complexity index is 870. The largest absolute Gasteiger partial charge is 0.493 e. The topological polar surface area (TPSA) is 62.4 Å². The summed E-state index contributed by atoms with van der Waals surface area (Å²) in [4.78, 5) is 3.56. The molecule has 2 aromatic rings. The summed E-state index contributed by atoms with van der Waals surface area (Å²) in [5.74, 6) is 0.909. The van der Waals surface area contributed by atoms with Gasteiger partial charge in [-0.15, -0.1) is 0 Å². The molecule has 1 N–H and O–H groups in total. The molecule has 3 rings (SSSR count). The van der Waals surface area contributed by atoms with Crippen molar-refractivity contribution in [2.45, 2.75) is 52.5 Å². The van der Waals surface area contributed by atoms with E-state index >= 15 is 0 Å². The number of aryl methyl sites for hydroxylation is 1. The lowest BCUT2D eigenvalue weighted by Crippen LogP contribution is -2.39. The van der Waals surface area contributed by atoms with Gasteiger partial charge in [0, 0.05) is 30.1 Å². The lowest BCUT2D eigenvalue weighted by atomic mass is 10.0. The average Bonchev–Trinajstić information content (AvgIpc) is 2.79. The van der Waals surface area contributed by atoms with Crippen LogP contribution >= 0.6 is 0 Å². The van der Waals surface area contributed by atoms with Gasteiger partial charge in [0.1, 0.15) is 5.75 Å². The number of hydrogen-bond donors (Lipinski definition) is 1. The molecule has 0 aliphatic carbocycles. The number of nitrogens with zero attached hydrogens (tertiary/aromatic N) is 1. The predicted octanol–water partition coefficient (Wildman–Crippen LogP) is 3.40. The smallest absolute Gasteiger partial charge is 0.211 e. The minimum Gasteiger partial charge on any atom is -0.493 e. The molecule has 1 atom stereocenters. The zero-order valence-electron chi connectivity index (χ0n) is 15.6. The highest BCUT2D eigenvalue weighted by atomic mass is 32.2. The van der Waals surface area contributed by atoms with Gasteiger partial charge in [0.05, 0.1) is 18.4 Å². The van der Waals surface area contributed by atoms with Crippen LogP contribution in [0.15, 0.2) is 12.1 Å². The number of aromatic amines is 1. The van der Waals surface area contributed by atoms with E-state index < -0.39 is 10.0 Å². The fourth-order valence-electron chi connectivity index (χ4n) is 3.75. The first-order chi connectivity index (χ1) is 11.8. The number of sulfonamides is 1. The summed E-state index contributed by atoms with van der Waals surface area (Å²) < 4.78 is 31.8. The molecule has 1 aliphatic heterocycles. The van der Waals surface area contributed by atoms with Crippen LogP contribution in [0.4, 0.5) is 0 Å². The van der Waals surface area contributed by atoms with E-state index in [-0.39, 0.29) is 6.04 Å². The Balaban J connectivity index is 2.04. The second-order valence-electron chi connectivity index (χ2n) is 7.09. The van der Waals surface area contributed by atoms with Gasteiger partial charge in [-0.25, -0.2) is 8.42 Å². The molecule has 1 unspecified atom stereocenters. The van der Waals surface area contributed by atoms with Crippen LogP contribution in [0.25, 0.3) is 10.9 Å². The molecule has 1 aromatic heterocycles. The van der Waals surface area contributed by atoms with Crippen LogP contribution in [0.1, 0.15) is 43.5 Å². The number of aromatic nitrogens is 1. The minimum atomic E-state index is -3.19. The van der Waals surface area contributed by atoms with Crippen LogP contribution in [0.5, 0.6) is 5.75 Å². The van der Waals surface area contributed by atoms with Gasteiger partial charge in [0.25, 0.3) is 0 Å². The molecule has 5 nitrogen and oxygen atoms in total. The van der Waals surface area contributed by atoms with Crippen molar-refractivity contribution >= 4 is 20.9 Å². The number of fused-ring (bicyclic) bond motifs is 3. The lowest BCUT2D eigenvalue weighted by molar-refractivity contribution is 0.313. The zero-order chi connectivity index (χ0) is 18.2. The highest BCUT2D eigenvalue weighted by Crippen LogP contribution is 2.36. The minimum absolute atomic E-state index is 0.0471. The standard InChI is InChI=1S/C19H28N2O3S/c1-5-6-11-24-17-8-7-13(2)19-18(17)15-9-10-21(25(4,22)23)14(3)12-16(15)20-19/h7-8,14,20H,5-6,9-12H2,1-4H3. The maximum Gasteiger partial charge on any atom is 0.211 e. The quantitative estimate of drug-likeness (QED) is 0.827. The Labute approximate surface area is 150 Å². The van der Waals surface area contributed by atoms with Gasteiger partial charge in [0.15, 0.2) is 0 Å². The first-order valence-corrected chi connectivity index (χ1v) is 10.9. The van der Waals surface area contributed by atoms with E-state index in [2.05, 4.69) is 24.9 Å². The molecule has 0 saturated carbocycles. The molecule has 6 heteroatoms. The third-order valence-electron chi connectivity index (χ3n) is 5.07. The third-order valence-corrected chi connectivity index (χ3v) is 6.47. The first kappa shape index (κ1) is 18.3. The second-order valence-corrected chi connectivity index (χ2v) is 9.03. The summed E-state index contributed by atoms with van der Waals surface area (Å²) in [5.41, 5.74) is 4.67. The zero-order valence-corrected chi connectivity index (χ0v) is 16.4. The molecule has 0 fully saturated rings. The predicted molar refractivity (Wildman–Crippen MR) is 102 cm³/mol. The molecule has 1 aromatic carbocycles. The average molecular weight is 365 g/mol. The third kappa shape index (κ3) is 3.55. The number of hydrogen-bond acceptors (Lipinski definition) is 3. The van der Waals surface area contributed by atoms with Crippen molar-refractivity contribution < 1.29 is 13.2 Å². The summed E-state index contributed by atoms with van der Waals surface area (Å²) in [7, 11) is -3.19. The molecular weight excluding hydrogens is 336 g/mol. The van der Waals surface area contributed by atoms with Crippen molar-refractivity contribution in [3.63, 3.8) is 0 Å². The Kier molecular flexibility index (Phi) is 5.11. The SMILES string of the molecule is CCCCOc1ccc(C)c2[nH]c3c(c12)CCN(S(C)(=O)=O)C(C)C3. The van der Waals surface area contributed by atoms with Gasteiger partial charge >= 0.3 is 0 Å². The molecule has 0 saturated heterocycles. The molecule has 25 heavy (non-hydrogen) atoms. The Morgan fingerprint density at radius 2 is 2.12 bits per heavy atom. The number of nitrogens with one attached hydrogen (secondary N) is 1. The van der Waals surface area contributed by atoms with Crippen LogP contribution in [0, 0.1) is 6.92 Å². The Morgan fingerprint density at radius 1 is 1.36 bits per heavy atom. The van der Waals surface area contributed by atoms with Crippen molar-refractivity contribution in [2.24, 2.45) is 0 Å². The number of H-pyrrole nitrogens is 1. The van der Waals surface area contributed by atoms with E-state index in [1.54, 1.807) is 4.31 Å². The molecule has 0 spiro atoms. The summed E-state index contributed by atoms with van der Waals surface area (Å²) in [6, 6.07) is 4.09. The van der Waals surface area contributed by atoms with E-state index in [0.29, 0.717) is 26.0 Å². The van der Waals surface area contributed by atoms with Gasteiger partial charge in [-0.2, -0.15) is 4.31 Å². The van der Waals surface area contributed by atoms with Crippen LogP contribution < -0.4 is 4.74 Å². The highest BCUT2D eigenvalue weighted by Gasteiger charge is 2.29. The molecular formula is C19H28N2O3S. The molecule has 0 amide bonds. The maximum atomic E-state index is 12.1. The van der Waals surface area contributed by atoms with E-state index in [0.717, 1.165) is 35.2 Å². The van der Waals surface area contributed by atoms with Crippen molar-refractivity contribution in [1.82, 2.24) is 9.29 Å². The fourth-order valence-corrected chi connectivity index (χ4v) is 4.91. The van der Waals surface area contributed by atoms with Gasteiger partial charge in [-0.3, -0.25) is 0 Å². The summed E-state index contributed by atoms with van der Waals surface area (Å²) >= 11 is 0. The van der Waals surface area contributed by atoms with Crippen LogP contribution in [0.2, 0.25) is 0 Å². The maximum absolute atomic E-state index is 12.1. The van der Waals surface area contributed by atoms with Gasteiger partial charge in [-0.05, 0) is 43.9 Å². The summed E-state index contributed by atoms with van der Waals surface area (Å²) in [5, 5.41) is 1.13. The van der Waals surface area contributed by atoms with Gasteiger partial charge < -0.3 is 9.72 Å². The Hall–Kier alpha value is -1.53. The van der Waals surface area contributed by atoms with E-state index in [1.807, 2.05) is 13.0 Å². The van der Waals surface area contributed by atoms with Crippen molar-refractivity contribution in [3.05, 3.63) is 29.0 Å². The van der Waals surface area contributed by atoms with Gasteiger partial charge in [0.2, 0.25) is 10.0 Å². The van der Waals surface area contributed by atoms with Gasteiger partial charge in [-0.1, -0.05) is 19.4 Å².